The molecule has 0 aromatic rings. The van der Waals surface area contributed by atoms with Gasteiger partial charge < -0.3 is 0 Å². The molecular weight excluding hydrogens is 525 g/mol. The molecule has 0 aliphatic rings. The smallest absolute Gasteiger partial charge is 0.129 e. The summed E-state index contributed by atoms with van der Waals surface area (Å²) >= 11 is 0. The molecule has 0 atom stereocenters. The van der Waals surface area contributed by atoms with Crippen molar-refractivity contribution in [2.75, 3.05) is 0 Å². The third-order valence-corrected chi connectivity index (χ3v) is 28.8. The number of hydrogen-bond acceptors (Lipinski definition) is 2. The van der Waals surface area contributed by atoms with E-state index in [0.29, 0.717) is 40.3 Å². The fourth-order valence-corrected chi connectivity index (χ4v) is 43.3. The third kappa shape index (κ3) is 9.96. The molecule has 0 aliphatic heterocycles. The predicted molar refractivity (Wildman–Crippen MR) is 190 cm³/mol. The SMILES string of the molecule is CC(C)(C)[SiH](N(N([SiH](C(C)(C)C)C(C)(C)C)[SiH](C(C)(C)C)C(C)(C)C)[SiH](C(C)(C)C)C(C)(C)C)C(C)(C)C. The van der Waals surface area contributed by atoms with E-state index >= 15 is 0 Å². The minimum atomic E-state index is -1.55. The Morgan fingerprint density at radius 2 is 0.289 bits per heavy atom. The lowest BCUT2D eigenvalue weighted by Gasteiger charge is -2.67. The van der Waals surface area contributed by atoms with Crippen molar-refractivity contribution in [2.45, 2.75) is 206 Å². The molecule has 0 radical (unpaired) electrons. The van der Waals surface area contributed by atoms with E-state index in [0.717, 1.165) is 0 Å². The molecule has 0 spiro atoms. The Bertz CT molecular complexity index is 565. The molecule has 0 heterocycles. The lowest BCUT2D eigenvalue weighted by atomic mass is 10.2. The topological polar surface area (TPSA) is 6.48 Å². The molecule has 2 nitrogen and oxygen atoms in total. The van der Waals surface area contributed by atoms with E-state index < -0.39 is 35.8 Å². The minimum Gasteiger partial charge on any atom is -0.298 e. The van der Waals surface area contributed by atoms with Crippen molar-refractivity contribution in [2.24, 2.45) is 0 Å². The first-order chi connectivity index (χ1) is 16.0. The fraction of sp³-hybridized carbons (Fsp3) is 1.00. The van der Waals surface area contributed by atoms with Crippen molar-refractivity contribution >= 4 is 35.8 Å². The van der Waals surface area contributed by atoms with Crippen LogP contribution in [0.3, 0.4) is 0 Å². The zero-order valence-electron chi connectivity index (χ0n) is 31.2. The van der Waals surface area contributed by atoms with Crippen LogP contribution >= 0.6 is 0 Å². The van der Waals surface area contributed by atoms with Crippen LogP contribution in [0.25, 0.3) is 0 Å². The van der Waals surface area contributed by atoms with Gasteiger partial charge in [0.15, 0.2) is 0 Å². The fourth-order valence-electron chi connectivity index (χ4n) is 9.20. The van der Waals surface area contributed by atoms with Crippen molar-refractivity contribution in [3.63, 3.8) is 0 Å². The quantitative estimate of drug-likeness (QED) is 0.229. The predicted octanol–water partition coefficient (Wildman–Crippen LogP) is 10.8. The maximum atomic E-state index is 3.40. The van der Waals surface area contributed by atoms with Crippen LogP contribution in [0.15, 0.2) is 0 Å². The Morgan fingerprint density at radius 3 is 0.342 bits per heavy atom. The first-order valence-electron chi connectivity index (χ1n) is 15.5. The van der Waals surface area contributed by atoms with E-state index in [1.807, 2.05) is 0 Å². The summed E-state index contributed by atoms with van der Waals surface area (Å²) in [5, 5.41) is 2.35. The molecule has 38 heavy (non-hydrogen) atoms. The van der Waals surface area contributed by atoms with E-state index in [1.54, 1.807) is 0 Å². The largest absolute Gasteiger partial charge is 0.298 e. The van der Waals surface area contributed by atoms with Gasteiger partial charge in [-0.25, -0.2) is 0 Å². The molecule has 0 bridgehead atoms. The van der Waals surface area contributed by atoms with E-state index in [4.69, 9.17) is 0 Å². The molecule has 0 saturated carbocycles. The molecule has 0 rings (SSSR count). The van der Waals surface area contributed by atoms with Crippen molar-refractivity contribution in [1.82, 2.24) is 8.68 Å². The van der Waals surface area contributed by atoms with Gasteiger partial charge in [0, 0.05) is 0 Å². The summed E-state index contributed by atoms with van der Waals surface area (Å²) in [5.74, 6) is 0. The van der Waals surface area contributed by atoms with E-state index in [9.17, 15) is 0 Å². The summed E-state index contributed by atoms with van der Waals surface area (Å²) < 4.78 is 6.81. The zero-order valence-corrected chi connectivity index (χ0v) is 35.8. The maximum Gasteiger partial charge on any atom is 0.129 e. The Morgan fingerprint density at radius 1 is 0.211 bits per heavy atom. The van der Waals surface area contributed by atoms with Gasteiger partial charge >= 0.3 is 0 Å². The Labute approximate surface area is 250 Å². The van der Waals surface area contributed by atoms with E-state index in [-0.39, 0.29) is 0 Å². The number of hydrogen-bond donors (Lipinski definition) is 0. The molecule has 0 N–H and O–H groups in total. The van der Waals surface area contributed by atoms with Crippen LogP contribution in [0.1, 0.15) is 166 Å². The highest BCUT2D eigenvalue weighted by Gasteiger charge is 2.59. The van der Waals surface area contributed by atoms with Crippen LogP contribution in [0, 0.1) is 0 Å². The average molecular weight is 601 g/mol. The summed E-state index contributed by atoms with van der Waals surface area (Å²) in [7, 11) is -6.20. The molecule has 0 amide bonds. The van der Waals surface area contributed by atoms with Gasteiger partial charge in [-0.05, 0) is 40.3 Å². The lowest BCUT2D eigenvalue weighted by Crippen LogP contribution is -2.77. The van der Waals surface area contributed by atoms with E-state index in [2.05, 4.69) is 175 Å². The summed E-state index contributed by atoms with van der Waals surface area (Å²) in [5.41, 5.74) is 0. The first kappa shape index (κ1) is 38.8. The highest BCUT2D eigenvalue weighted by atomic mass is 28.4. The van der Waals surface area contributed by atoms with Gasteiger partial charge in [-0.15, -0.1) is 0 Å². The van der Waals surface area contributed by atoms with Crippen LogP contribution in [0.5, 0.6) is 0 Å². The molecule has 0 fully saturated rings. The second-order valence-electron chi connectivity index (χ2n) is 21.3. The van der Waals surface area contributed by atoms with Gasteiger partial charge in [0.25, 0.3) is 0 Å². The highest BCUT2D eigenvalue weighted by molar-refractivity contribution is 6.85. The Kier molecular flexibility index (Phi) is 11.7. The average Bonchev–Trinajstić information content (AvgIpc) is 2.41. The summed E-state index contributed by atoms with van der Waals surface area (Å²) in [6.45, 7) is 62.2. The van der Waals surface area contributed by atoms with Gasteiger partial charge in [0.1, 0.15) is 35.8 Å². The van der Waals surface area contributed by atoms with Crippen molar-refractivity contribution < 1.29 is 0 Å². The first-order valence-corrected chi connectivity index (χ1v) is 22.2. The minimum absolute atomic E-state index is 0.293. The molecule has 6 heteroatoms. The molecular formula is C32H76N2Si4. The molecule has 0 aromatic carbocycles. The number of rotatable bonds is 5. The van der Waals surface area contributed by atoms with Crippen molar-refractivity contribution in [1.29, 1.82) is 0 Å². The van der Waals surface area contributed by atoms with Gasteiger partial charge in [0.05, 0.1) is 0 Å². The van der Waals surface area contributed by atoms with Crippen LogP contribution in [-0.4, -0.2) is 44.5 Å². The van der Waals surface area contributed by atoms with Gasteiger partial charge in [-0.2, -0.15) is 0 Å². The second-order valence-corrected chi connectivity index (χ2v) is 41.7. The lowest BCUT2D eigenvalue weighted by molar-refractivity contribution is 0.283. The van der Waals surface area contributed by atoms with Crippen LogP contribution in [0.4, 0.5) is 0 Å². The van der Waals surface area contributed by atoms with Crippen LogP contribution in [-0.2, 0) is 0 Å². The molecule has 0 unspecified atom stereocenters. The Balaban J connectivity index is 8.59. The molecule has 0 aromatic heterocycles. The zero-order chi connectivity index (χ0) is 31.5. The van der Waals surface area contributed by atoms with Gasteiger partial charge in [-0.3, -0.25) is 8.68 Å². The number of nitrogens with zero attached hydrogens (tertiary/aromatic N) is 2. The van der Waals surface area contributed by atoms with Crippen molar-refractivity contribution in [3.05, 3.63) is 0 Å². The molecule has 0 aliphatic carbocycles. The van der Waals surface area contributed by atoms with Crippen molar-refractivity contribution in [3.8, 4) is 0 Å². The maximum absolute atomic E-state index is 3.40. The second kappa shape index (κ2) is 11.5. The monoisotopic (exact) mass is 601 g/mol. The number of hydrazine groups is 1. The van der Waals surface area contributed by atoms with Gasteiger partial charge in [0.2, 0.25) is 0 Å². The normalized spacial score (nSPS) is 16.3. The summed E-state index contributed by atoms with van der Waals surface area (Å²) in [6.07, 6.45) is 0. The van der Waals surface area contributed by atoms with E-state index in [1.165, 1.54) is 0 Å². The highest BCUT2D eigenvalue weighted by Crippen LogP contribution is 2.57. The van der Waals surface area contributed by atoms with Crippen LogP contribution in [0.2, 0.25) is 40.3 Å². The molecule has 230 valence electrons. The third-order valence-electron chi connectivity index (χ3n) is 7.89. The Hall–Kier alpha value is 0.788. The summed E-state index contributed by atoms with van der Waals surface area (Å²) in [6, 6.07) is 0. The molecule has 0 saturated heterocycles. The van der Waals surface area contributed by atoms with Gasteiger partial charge in [-0.1, -0.05) is 166 Å². The summed E-state index contributed by atoms with van der Waals surface area (Å²) in [4.78, 5) is 0. The standard InChI is InChI=1S/C32H76N2Si4/c1-25(2,3)35(26(4,5)6)33(36(27(7,8)9)28(10,11)12)34(37(29(13,14)15)30(16,17)18)38(31(19,20)21)32(22,23)24/h35-38H,1-24H3. The van der Waals surface area contributed by atoms with Crippen LogP contribution < -0.4 is 0 Å².